The lowest BCUT2D eigenvalue weighted by atomic mass is 9.91. The van der Waals surface area contributed by atoms with Gasteiger partial charge in [-0.2, -0.15) is 0 Å². The first kappa shape index (κ1) is 11.3. The van der Waals surface area contributed by atoms with E-state index in [0.717, 1.165) is 18.7 Å². The van der Waals surface area contributed by atoms with Gasteiger partial charge in [0.1, 0.15) is 0 Å². The highest BCUT2D eigenvalue weighted by atomic mass is 14.9. The lowest BCUT2D eigenvalue weighted by Gasteiger charge is -2.24. The molecule has 0 aromatic heterocycles. The van der Waals surface area contributed by atoms with Crippen molar-refractivity contribution in [1.82, 2.24) is 5.32 Å². The Labute approximate surface area is 108 Å². The fraction of sp³-hybridized carbons (Fsp3) is 0.250. The van der Waals surface area contributed by atoms with E-state index in [1.54, 1.807) is 0 Å². The Morgan fingerprint density at radius 2 is 1.94 bits per heavy atom. The minimum atomic E-state index is 0.462. The maximum atomic E-state index is 5.85. The summed E-state index contributed by atoms with van der Waals surface area (Å²) in [6.07, 6.45) is 1.11. The molecule has 2 heteroatoms. The van der Waals surface area contributed by atoms with Crippen LogP contribution >= 0.6 is 0 Å². The summed E-state index contributed by atoms with van der Waals surface area (Å²) in [5.41, 5.74) is 12.0. The van der Waals surface area contributed by atoms with Crippen LogP contribution in [0, 0.1) is 0 Å². The standard InChI is InChI=1S/C16H18N2/c1-11-16-6-5-13(9-14(16)7-8-18-11)12-3-2-4-15(17)10-12/h2-6,9-11,18H,7-8,17H2,1H3. The van der Waals surface area contributed by atoms with Crippen molar-refractivity contribution in [2.75, 3.05) is 12.3 Å². The van der Waals surface area contributed by atoms with E-state index in [4.69, 9.17) is 5.73 Å². The molecular weight excluding hydrogens is 220 g/mol. The molecule has 2 aromatic rings. The van der Waals surface area contributed by atoms with Crippen LogP contribution in [0.15, 0.2) is 42.5 Å². The topological polar surface area (TPSA) is 38.0 Å². The summed E-state index contributed by atoms with van der Waals surface area (Å²) in [7, 11) is 0. The predicted octanol–water partition coefficient (Wildman–Crippen LogP) is 3.14. The van der Waals surface area contributed by atoms with Crippen molar-refractivity contribution in [2.24, 2.45) is 0 Å². The molecule has 92 valence electrons. The number of nitrogen functional groups attached to an aromatic ring is 1. The molecule has 0 aliphatic carbocycles. The number of anilines is 1. The second-order valence-corrected chi connectivity index (χ2v) is 4.96. The number of rotatable bonds is 1. The normalized spacial score (nSPS) is 18.4. The Kier molecular flexibility index (Phi) is 2.80. The van der Waals surface area contributed by atoms with Crippen molar-refractivity contribution in [3.05, 3.63) is 53.6 Å². The first-order valence-corrected chi connectivity index (χ1v) is 6.46. The zero-order valence-corrected chi connectivity index (χ0v) is 10.6. The largest absolute Gasteiger partial charge is 0.399 e. The monoisotopic (exact) mass is 238 g/mol. The van der Waals surface area contributed by atoms with Crippen molar-refractivity contribution in [1.29, 1.82) is 0 Å². The van der Waals surface area contributed by atoms with Gasteiger partial charge in [-0.15, -0.1) is 0 Å². The molecule has 0 spiro atoms. The fourth-order valence-corrected chi connectivity index (χ4v) is 2.68. The Morgan fingerprint density at radius 3 is 2.78 bits per heavy atom. The lowest BCUT2D eigenvalue weighted by Crippen LogP contribution is -2.27. The van der Waals surface area contributed by atoms with E-state index in [9.17, 15) is 0 Å². The average molecular weight is 238 g/mol. The van der Waals surface area contributed by atoms with Gasteiger partial charge in [-0.1, -0.05) is 30.3 Å². The summed E-state index contributed by atoms with van der Waals surface area (Å²) in [6, 6.07) is 15.3. The van der Waals surface area contributed by atoms with E-state index in [1.165, 1.54) is 22.3 Å². The smallest absolute Gasteiger partial charge is 0.0320 e. The van der Waals surface area contributed by atoms with Gasteiger partial charge in [0.05, 0.1) is 0 Å². The quantitative estimate of drug-likeness (QED) is 0.749. The van der Waals surface area contributed by atoms with E-state index in [2.05, 4.69) is 36.5 Å². The van der Waals surface area contributed by atoms with Crippen molar-refractivity contribution < 1.29 is 0 Å². The molecule has 3 rings (SSSR count). The first-order valence-electron chi connectivity index (χ1n) is 6.46. The molecule has 3 N–H and O–H groups in total. The van der Waals surface area contributed by atoms with E-state index < -0.39 is 0 Å². The van der Waals surface area contributed by atoms with Crippen LogP contribution in [-0.2, 0) is 6.42 Å². The molecule has 0 saturated heterocycles. The molecule has 1 atom stereocenters. The van der Waals surface area contributed by atoms with Crippen molar-refractivity contribution in [2.45, 2.75) is 19.4 Å². The average Bonchev–Trinajstić information content (AvgIpc) is 2.39. The minimum absolute atomic E-state index is 0.462. The predicted molar refractivity (Wildman–Crippen MR) is 76.4 cm³/mol. The SMILES string of the molecule is CC1NCCc2cc(-c3cccc(N)c3)ccc21. The van der Waals surface area contributed by atoms with Gasteiger partial charge in [0.2, 0.25) is 0 Å². The van der Waals surface area contributed by atoms with Crippen LogP contribution in [0.4, 0.5) is 5.69 Å². The van der Waals surface area contributed by atoms with Crippen LogP contribution < -0.4 is 11.1 Å². The highest BCUT2D eigenvalue weighted by Gasteiger charge is 2.15. The second kappa shape index (κ2) is 4.46. The van der Waals surface area contributed by atoms with Gasteiger partial charge in [-0.05, 0) is 54.3 Å². The summed E-state index contributed by atoms with van der Waals surface area (Å²) < 4.78 is 0. The van der Waals surface area contributed by atoms with Crippen LogP contribution in [0.2, 0.25) is 0 Å². The van der Waals surface area contributed by atoms with E-state index in [0.29, 0.717) is 6.04 Å². The molecular formula is C16H18N2. The Balaban J connectivity index is 2.04. The molecule has 1 aliphatic rings. The molecule has 0 saturated carbocycles. The van der Waals surface area contributed by atoms with Gasteiger partial charge in [-0.3, -0.25) is 0 Å². The van der Waals surface area contributed by atoms with Crippen molar-refractivity contribution >= 4 is 5.69 Å². The van der Waals surface area contributed by atoms with Gasteiger partial charge < -0.3 is 11.1 Å². The summed E-state index contributed by atoms with van der Waals surface area (Å²) in [4.78, 5) is 0. The second-order valence-electron chi connectivity index (χ2n) is 4.96. The zero-order chi connectivity index (χ0) is 12.5. The Morgan fingerprint density at radius 1 is 1.11 bits per heavy atom. The fourth-order valence-electron chi connectivity index (χ4n) is 2.68. The third-order valence-electron chi connectivity index (χ3n) is 3.67. The maximum absolute atomic E-state index is 5.85. The van der Waals surface area contributed by atoms with Crippen LogP contribution in [0.1, 0.15) is 24.1 Å². The van der Waals surface area contributed by atoms with Crippen LogP contribution in [0.25, 0.3) is 11.1 Å². The highest BCUT2D eigenvalue weighted by molar-refractivity contribution is 5.68. The highest BCUT2D eigenvalue weighted by Crippen LogP contribution is 2.28. The van der Waals surface area contributed by atoms with E-state index in [-0.39, 0.29) is 0 Å². The minimum Gasteiger partial charge on any atom is -0.399 e. The zero-order valence-electron chi connectivity index (χ0n) is 10.6. The van der Waals surface area contributed by atoms with Crippen molar-refractivity contribution in [3.63, 3.8) is 0 Å². The molecule has 0 fully saturated rings. The Bertz CT molecular complexity index is 575. The lowest BCUT2D eigenvalue weighted by molar-refractivity contribution is 0.541. The molecule has 18 heavy (non-hydrogen) atoms. The number of benzene rings is 2. The van der Waals surface area contributed by atoms with Gasteiger partial charge in [-0.25, -0.2) is 0 Å². The van der Waals surface area contributed by atoms with Crippen LogP contribution in [0.3, 0.4) is 0 Å². The summed E-state index contributed by atoms with van der Waals surface area (Å²) >= 11 is 0. The molecule has 0 amide bonds. The maximum Gasteiger partial charge on any atom is 0.0320 e. The summed E-state index contributed by atoms with van der Waals surface area (Å²) in [5, 5.41) is 3.49. The molecule has 1 unspecified atom stereocenters. The summed E-state index contributed by atoms with van der Waals surface area (Å²) in [5.74, 6) is 0. The van der Waals surface area contributed by atoms with E-state index >= 15 is 0 Å². The van der Waals surface area contributed by atoms with Crippen molar-refractivity contribution in [3.8, 4) is 11.1 Å². The van der Waals surface area contributed by atoms with Crippen LogP contribution in [-0.4, -0.2) is 6.54 Å². The van der Waals surface area contributed by atoms with Gasteiger partial charge in [0.15, 0.2) is 0 Å². The van der Waals surface area contributed by atoms with Gasteiger partial charge in [0.25, 0.3) is 0 Å². The third-order valence-corrected chi connectivity index (χ3v) is 3.67. The van der Waals surface area contributed by atoms with Crippen LogP contribution in [0.5, 0.6) is 0 Å². The van der Waals surface area contributed by atoms with Gasteiger partial charge in [0, 0.05) is 11.7 Å². The molecule has 2 nitrogen and oxygen atoms in total. The molecule has 1 aliphatic heterocycles. The number of hydrogen-bond acceptors (Lipinski definition) is 2. The van der Waals surface area contributed by atoms with E-state index in [1.807, 2.05) is 18.2 Å². The number of nitrogens with one attached hydrogen (secondary N) is 1. The first-order chi connectivity index (χ1) is 8.74. The molecule has 1 heterocycles. The number of fused-ring (bicyclic) bond motifs is 1. The number of nitrogens with two attached hydrogens (primary N) is 1. The third kappa shape index (κ3) is 2.00. The number of hydrogen-bond donors (Lipinski definition) is 2. The molecule has 0 bridgehead atoms. The Hall–Kier alpha value is -1.80. The molecule has 2 aromatic carbocycles. The molecule has 0 radical (unpaired) electrons. The van der Waals surface area contributed by atoms with Gasteiger partial charge >= 0.3 is 0 Å². The summed E-state index contributed by atoms with van der Waals surface area (Å²) in [6.45, 7) is 3.28.